The number of nitrogens with zero attached hydrogens (tertiary/aromatic N) is 2. The van der Waals surface area contributed by atoms with Gasteiger partial charge in [-0.05, 0) is 12.3 Å². The van der Waals surface area contributed by atoms with Gasteiger partial charge in [0.25, 0.3) is 0 Å². The summed E-state index contributed by atoms with van der Waals surface area (Å²) in [5, 5.41) is 12.3. The van der Waals surface area contributed by atoms with Crippen molar-refractivity contribution < 1.29 is 14.7 Å². The summed E-state index contributed by atoms with van der Waals surface area (Å²) in [6.45, 7) is 4.70. The van der Waals surface area contributed by atoms with E-state index in [2.05, 4.69) is 4.98 Å². The Morgan fingerprint density at radius 1 is 1.55 bits per heavy atom. The molecule has 1 aromatic rings. The van der Waals surface area contributed by atoms with Crippen molar-refractivity contribution in [3.63, 3.8) is 0 Å². The summed E-state index contributed by atoms with van der Waals surface area (Å²) in [6, 6.07) is 0. The van der Waals surface area contributed by atoms with Crippen LogP contribution in [0, 0.1) is 11.3 Å². The maximum Gasteiger partial charge on any atom is 0.311 e. The lowest BCUT2D eigenvalue weighted by Crippen LogP contribution is -2.40. The fraction of sp³-hybridized carbons (Fsp3) is 0.643. The molecule has 110 valence electrons. The van der Waals surface area contributed by atoms with Crippen LogP contribution in [0.2, 0.25) is 0 Å². The molecule has 2 heterocycles. The average molecular weight is 296 g/mol. The summed E-state index contributed by atoms with van der Waals surface area (Å²) >= 11 is 1.54. The van der Waals surface area contributed by atoms with Gasteiger partial charge in [-0.15, -0.1) is 11.3 Å². The maximum absolute atomic E-state index is 12.2. The molecular weight excluding hydrogens is 276 g/mol. The quantitative estimate of drug-likeness (QED) is 0.902. The van der Waals surface area contributed by atoms with Crippen molar-refractivity contribution in [2.75, 3.05) is 13.1 Å². The van der Waals surface area contributed by atoms with Crippen molar-refractivity contribution in [3.05, 3.63) is 16.6 Å². The molecule has 0 spiro atoms. The molecule has 1 aliphatic rings. The number of aromatic nitrogens is 1. The molecule has 0 aliphatic carbocycles. The fourth-order valence-electron chi connectivity index (χ4n) is 2.69. The van der Waals surface area contributed by atoms with E-state index in [9.17, 15) is 14.7 Å². The number of carbonyl (C=O) groups excluding carboxylic acids is 1. The molecule has 1 saturated heterocycles. The minimum atomic E-state index is -0.789. The second kappa shape index (κ2) is 5.91. The van der Waals surface area contributed by atoms with E-state index in [1.165, 1.54) is 0 Å². The zero-order valence-corrected chi connectivity index (χ0v) is 12.7. The van der Waals surface area contributed by atoms with Crippen molar-refractivity contribution in [2.24, 2.45) is 11.3 Å². The highest BCUT2D eigenvalue weighted by Crippen LogP contribution is 2.38. The van der Waals surface area contributed by atoms with E-state index in [0.717, 1.165) is 5.01 Å². The van der Waals surface area contributed by atoms with Gasteiger partial charge >= 0.3 is 5.97 Å². The molecule has 0 bridgehead atoms. The van der Waals surface area contributed by atoms with Gasteiger partial charge in [0.05, 0.1) is 10.4 Å². The molecule has 20 heavy (non-hydrogen) atoms. The highest BCUT2D eigenvalue weighted by atomic mass is 32.1. The van der Waals surface area contributed by atoms with Crippen LogP contribution in [0.5, 0.6) is 0 Å². The van der Waals surface area contributed by atoms with Crippen LogP contribution in [0.1, 0.15) is 31.7 Å². The Morgan fingerprint density at radius 2 is 2.30 bits per heavy atom. The molecule has 1 fully saturated rings. The molecule has 0 saturated carbocycles. The van der Waals surface area contributed by atoms with E-state index in [1.807, 2.05) is 19.2 Å². The van der Waals surface area contributed by atoms with Crippen LogP contribution in [-0.4, -0.2) is 40.0 Å². The lowest BCUT2D eigenvalue weighted by Gasteiger charge is -2.28. The zero-order valence-electron chi connectivity index (χ0n) is 11.8. The standard InChI is InChI=1S/C14H20N2O3S/c1-10(2)14(13(18)19)5-7-16(9-14)12(17)4-3-11-15-6-8-20-11/h6,8,10H,3-5,7,9H2,1-2H3,(H,18,19). The van der Waals surface area contributed by atoms with E-state index in [-0.39, 0.29) is 11.8 Å². The van der Waals surface area contributed by atoms with Gasteiger partial charge in [0.15, 0.2) is 0 Å². The first kappa shape index (κ1) is 15.0. The molecule has 1 unspecified atom stereocenters. The van der Waals surface area contributed by atoms with Crippen molar-refractivity contribution in [2.45, 2.75) is 33.1 Å². The van der Waals surface area contributed by atoms with Gasteiger partial charge in [-0.2, -0.15) is 0 Å². The number of aliphatic carboxylic acids is 1. The molecule has 1 amide bonds. The largest absolute Gasteiger partial charge is 0.481 e. The summed E-state index contributed by atoms with van der Waals surface area (Å²) in [5.41, 5.74) is -0.781. The first-order chi connectivity index (χ1) is 9.45. The van der Waals surface area contributed by atoms with Crippen molar-refractivity contribution in [1.29, 1.82) is 0 Å². The third kappa shape index (κ3) is 2.85. The van der Waals surface area contributed by atoms with Crippen LogP contribution in [0.25, 0.3) is 0 Å². The molecular formula is C14H20N2O3S. The van der Waals surface area contributed by atoms with Crippen LogP contribution in [0.3, 0.4) is 0 Å². The molecule has 0 aromatic carbocycles. The van der Waals surface area contributed by atoms with Gasteiger partial charge in [-0.25, -0.2) is 4.98 Å². The number of carboxylic acid groups (broad SMARTS) is 1. The summed E-state index contributed by atoms with van der Waals surface area (Å²) in [6.07, 6.45) is 3.31. The predicted molar refractivity (Wildman–Crippen MR) is 76.5 cm³/mol. The summed E-state index contributed by atoms with van der Waals surface area (Å²) in [5.74, 6) is -0.733. The van der Waals surface area contributed by atoms with Gasteiger partial charge in [-0.1, -0.05) is 13.8 Å². The fourth-order valence-corrected chi connectivity index (χ4v) is 3.31. The molecule has 1 N–H and O–H groups in total. The first-order valence-electron chi connectivity index (χ1n) is 6.85. The Hall–Kier alpha value is -1.43. The van der Waals surface area contributed by atoms with Gasteiger partial charge < -0.3 is 10.0 Å². The van der Waals surface area contributed by atoms with Crippen LogP contribution in [0.15, 0.2) is 11.6 Å². The maximum atomic E-state index is 12.2. The van der Waals surface area contributed by atoms with Crippen LogP contribution >= 0.6 is 11.3 Å². The van der Waals surface area contributed by atoms with Crippen molar-refractivity contribution in [3.8, 4) is 0 Å². The number of carbonyl (C=O) groups is 2. The lowest BCUT2D eigenvalue weighted by atomic mass is 9.76. The third-order valence-electron chi connectivity index (χ3n) is 4.22. The summed E-state index contributed by atoms with van der Waals surface area (Å²) in [4.78, 5) is 29.6. The van der Waals surface area contributed by atoms with E-state index in [0.29, 0.717) is 32.4 Å². The monoisotopic (exact) mass is 296 g/mol. The topological polar surface area (TPSA) is 70.5 Å². The highest BCUT2D eigenvalue weighted by molar-refractivity contribution is 7.09. The van der Waals surface area contributed by atoms with E-state index in [4.69, 9.17) is 0 Å². The van der Waals surface area contributed by atoms with E-state index in [1.54, 1.807) is 22.4 Å². The van der Waals surface area contributed by atoms with Crippen LogP contribution < -0.4 is 0 Å². The number of thiazole rings is 1. The number of likely N-dealkylation sites (tertiary alicyclic amines) is 1. The molecule has 1 aliphatic heterocycles. The minimum Gasteiger partial charge on any atom is -0.481 e. The number of carboxylic acids is 1. The molecule has 1 atom stereocenters. The average Bonchev–Trinajstić information content (AvgIpc) is 3.05. The van der Waals surface area contributed by atoms with Crippen LogP contribution in [0.4, 0.5) is 0 Å². The Balaban J connectivity index is 1.94. The Bertz CT molecular complexity index is 487. The second-order valence-electron chi connectivity index (χ2n) is 5.61. The number of amides is 1. The Morgan fingerprint density at radius 3 is 2.80 bits per heavy atom. The molecule has 2 rings (SSSR count). The van der Waals surface area contributed by atoms with E-state index >= 15 is 0 Å². The first-order valence-corrected chi connectivity index (χ1v) is 7.73. The predicted octanol–water partition coefficient (Wildman–Crippen LogP) is 2.03. The van der Waals surface area contributed by atoms with Crippen molar-refractivity contribution in [1.82, 2.24) is 9.88 Å². The zero-order chi connectivity index (χ0) is 14.8. The lowest BCUT2D eigenvalue weighted by molar-refractivity contribution is -0.151. The molecule has 0 radical (unpaired) electrons. The van der Waals surface area contributed by atoms with Gasteiger partial charge in [0, 0.05) is 37.5 Å². The van der Waals surface area contributed by atoms with Gasteiger partial charge in [-0.3, -0.25) is 9.59 Å². The minimum absolute atomic E-state index is 0.0248. The third-order valence-corrected chi connectivity index (χ3v) is 5.06. The Labute approximate surface area is 122 Å². The molecule has 1 aromatic heterocycles. The summed E-state index contributed by atoms with van der Waals surface area (Å²) < 4.78 is 0. The Kier molecular flexibility index (Phi) is 4.42. The number of hydrogen-bond acceptors (Lipinski definition) is 4. The number of hydrogen-bond donors (Lipinski definition) is 1. The van der Waals surface area contributed by atoms with E-state index < -0.39 is 11.4 Å². The second-order valence-corrected chi connectivity index (χ2v) is 6.59. The van der Waals surface area contributed by atoms with Crippen LogP contribution in [-0.2, 0) is 16.0 Å². The van der Waals surface area contributed by atoms with Gasteiger partial charge in [0.2, 0.25) is 5.91 Å². The highest BCUT2D eigenvalue weighted by Gasteiger charge is 2.48. The smallest absolute Gasteiger partial charge is 0.311 e. The SMILES string of the molecule is CC(C)C1(C(=O)O)CCN(C(=O)CCc2nccs2)C1. The number of aryl methyl sites for hydroxylation is 1. The summed E-state index contributed by atoms with van der Waals surface area (Å²) in [7, 11) is 0. The van der Waals surface area contributed by atoms with Crippen molar-refractivity contribution >= 4 is 23.2 Å². The number of rotatable bonds is 5. The molecule has 5 nitrogen and oxygen atoms in total. The van der Waals surface area contributed by atoms with Gasteiger partial charge in [0.1, 0.15) is 0 Å². The molecule has 6 heteroatoms. The normalized spacial score (nSPS) is 22.4.